The van der Waals surface area contributed by atoms with E-state index in [0.717, 1.165) is 51.7 Å². The monoisotopic (exact) mass is 416 g/mol. The first-order valence-electron chi connectivity index (χ1n) is 10.6. The van der Waals surface area contributed by atoms with E-state index in [1.54, 1.807) is 12.1 Å². The van der Waals surface area contributed by atoms with Gasteiger partial charge in [-0.15, -0.1) is 0 Å². The first-order chi connectivity index (χ1) is 15.7. The van der Waals surface area contributed by atoms with Gasteiger partial charge in [0, 0.05) is 5.39 Å². The van der Waals surface area contributed by atoms with Gasteiger partial charge in [-0.2, -0.15) is 5.26 Å². The molecule has 4 nitrogen and oxygen atoms in total. The third-order valence-electron chi connectivity index (χ3n) is 5.74. The Labute approximate surface area is 186 Å². The van der Waals surface area contributed by atoms with Crippen molar-refractivity contribution in [3.8, 4) is 6.07 Å². The van der Waals surface area contributed by atoms with Gasteiger partial charge in [-0.05, 0) is 59.4 Å². The highest BCUT2D eigenvalue weighted by molar-refractivity contribution is 6.07. The molecular weight excluding hydrogens is 396 g/mol. The summed E-state index contributed by atoms with van der Waals surface area (Å²) in [4.78, 5) is 18.2. The van der Waals surface area contributed by atoms with Gasteiger partial charge in [-0.25, -0.2) is 9.78 Å². The molecule has 0 unspecified atom stereocenters. The number of nitriles is 1. The molecule has 3 aromatic carbocycles. The number of carbonyl (C=O) groups excluding carboxylic acids is 1. The number of esters is 1. The lowest BCUT2D eigenvalue weighted by Crippen LogP contribution is -2.10. The van der Waals surface area contributed by atoms with E-state index in [1.807, 2.05) is 54.6 Å². The average Bonchev–Trinajstić information content (AvgIpc) is 3.23. The van der Waals surface area contributed by atoms with Gasteiger partial charge in [0.05, 0.1) is 28.4 Å². The number of rotatable bonds is 4. The molecule has 1 aliphatic carbocycles. The molecule has 0 N–H and O–H groups in total. The lowest BCUT2D eigenvalue weighted by atomic mass is 10.0. The summed E-state index contributed by atoms with van der Waals surface area (Å²) in [7, 11) is 0. The number of aromatic nitrogens is 1. The van der Waals surface area contributed by atoms with Gasteiger partial charge in [0.25, 0.3) is 0 Å². The van der Waals surface area contributed by atoms with E-state index in [2.05, 4.69) is 24.3 Å². The molecule has 0 fully saturated rings. The maximum atomic E-state index is 13.3. The Kier molecular flexibility index (Phi) is 5.23. The van der Waals surface area contributed by atoms with Crippen LogP contribution in [0, 0.1) is 11.3 Å². The lowest BCUT2D eigenvalue weighted by molar-refractivity contribution is 0.0474. The van der Waals surface area contributed by atoms with E-state index < -0.39 is 0 Å². The van der Waals surface area contributed by atoms with E-state index in [4.69, 9.17) is 15.0 Å². The molecule has 4 aromatic rings. The van der Waals surface area contributed by atoms with Gasteiger partial charge >= 0.3 is 5.97 Å². The minimum absolute atomic E-state index is 0.155. The number of benzene rings is 3. The molecule has 1 aliphatic rings. The molecule has 32 heavy (non-hydrogen) atoms. The number of ether oxygens (including phenoxy) is 1. The highest BCUT2D eigenvalue weighted by atomic mass is 16.5. The molecule has 0 spiro atoms. The van der Waals surface area contributed by atoms with Gasteiger partial charge in [0.2, 0.25) is 0 Å². The van der Waals surface area contributed by atoms with Gasteiger partial charge in [0.15, 0.2) is 0 Å². The molecule has 0 saturated heterocycles. The third-order valence-corrected chi connectivity index (χ3v) is 5.74. The Morgan fingerprint density at radius 3 is 2.50 bits per heavy atom. The number of nitrogens with zero attached hydrogens (tertiary/aromatic N) is 2. The lowest BCUT2D eigenvalue weighted by Gasteiger charge is -2.12. The molecule has 0 bridgehead atoms. The van der Waals surface area contributed by atoms with Crippen LogP contribution in [-0.4, -0.2) is 11.0 Å². The summed E-state index contributed by atoms with van der Waals surface area (Å²) in [6, 6.07) is 27.0. The van der Waals surface area contributed by atoms with E-state index >= 15 is 0 Å². The molecule has 154 valence electrons. The molecule has 4 heteroatoms. The summed E-state index contributed by atoms with van der Waals surface area (Å²) in [6.45, 7) is 0.155. The number of carbonyl (C=O) groups is 1. The van der Waals surface area contributed by atoms with Crippen molar-refractivity contribution < 1.29 is 9.53 Å². The van der Waals surface area contributed by atoms with Crippen LogP contribution in [0.4, 0.5) is 0 Å². The van der Waals surface area contributed by atoms with Crippen molar-refractivity contribution in [1.29, 1.82) is 5.26 Å². The maximum Gasteiger partial charge on any atom is 0.339 e. The van der Waals surface area contributed by atoms with Gasteiger partial charge in [-0.1, -0.05) is 60.7 Å². The van der Waals surface area contributed by atoms with Crippen LogP contribution >= 0.6 is 0 Å². The average molecular weight is 416 g/mol. The van der Waals surface area contributed by atoms with Crippen molar-refractivity contribution in [3.05, 3.63) is 112 Å². The smallest absolute Gasteiger partial charge is 0.339 e. The minimum atomic E-state index is -0.342. The van der Waals surface area contributed by atoms with Crippen LogP contribution in [0.15, 0.2) is 78.9 Å². The van der Waals surface area contributed by atoms with E-state index in [-0.39, 0.29) is 12.6 Å². The maximum absolute atomic E-state index is 13.3. The zero-order valence-corrected chi connectivity index (χ0v) is 17.4. The summed E-state index contributed by atoms with van der Waals surface area (Å²) in [5.74, 6) is -0.342. The van der Waals surface area contributed by atoms with Crippen LogP contribution in [0.5, 0.6) is 0 Å². The number of pyridine rings is 1. The van der Waals surface area contributed by atoms with Crippen molar-refractivity contribution in [1.82, 2.24) is 4.98 Å². The number of para-hydroxylation sites is 1. The quantitative estimate of drug-likeness (QED) is 0.386. The highest BCUT2D eigenvalue weighted by Crippen LogP contribution is 2.37. The SMILES string of the molecule is N#Cc1ccc(COC(=O)c2c3c(nc4ccccc24)/C(=C/c2ccccc2)CC3)cc1. The van der Waals surface area contributed by atoms with Gasteiger partial charge in [-0.3, -0.25) is 0 Å². The van der Waals surface area contributed by atoms with Gasteiger partial charge in [0.1, 0.15) is 6.61 Å². The van der Waals surface area contributed by atoms with Crippen LogP contribution in [0.1, 0.15) is 44.7 Å². The fourth-order valence-electron chi connectivity index (χ4n) is 4.16. The van der Waals surface area contributed by atoms with E-state index in [9.17, 15) is 4.79 Å². The van der Waals surface area contributed by atoms with Crippen LogP contribution in [-0.2, 0) is 17.8 Å². The highest BCUT2D eigenvalue weighted by Gasteiger charge is 2.27. The molecule has 0 atom stereocenters. The molecule has 1 heterocycles. The van der Waals surface area contributed by atoms with Crippen molar-refractivity contribution in [2.45, 2.75) is 19.4 Å². The summed E-state index contributed by atoms with van der Waals surface area (Å²) < 4.78 is 5.71. The largest absolute Gasteiger partial charge is 0.457 e. The van der Waals surface area contributed by atoms with Crippen molar-refractivity contribution in [2.24, 2.45) is 0 Å². The fourth-order valence-corrected chi connectivity index (χ4v) is 4.16. The molecule has 0 aliphatic heterocycles. The Morgan fingerprint density at radius 2 is 1.72 bits per heavy atom. The Balaban J connectivity index is 1.52. The van der Waals surface area contributed by atoms with Crippen LogP contribution in [0.25, 0.3) is 22.6 Å². The summed E-state index contributed by atoms with van der Waals surface area (Å²) in [5, 5.41) is 9.77. The molecule has 0 radical (unpaired) electrons. The number of fused-ring (bicyclic) bond motifs is 2. The first-order valence-corrected chi connectivity index (χ1v) is 10.6. The van der Waals surface area contributed by atoms with E-state index in [1.165, 1.54) is 0 Å². The number of hydrogen-bond acceptors (Lipinski definition) is 4. The Morgan fingerprint density at radius 1 is 0.969 bits per heavy atom. The molecule has 0 saturated carbocycles. The fraction of sp³-hybridized carbons (Fsp3) is 0.107. The molecule has 1 aromatic heterocycles. The second-order valence-corrected chi connectivity index (χ2v) is 7.80. The second-order valence-electron chi connectivity index (χ2n) is 7.80. The standard InChI is InChI=1S/C28H20N2O2/c29-17-20-10-12-21(13-11-20)18-32-28(31)26-23-8-4-5-9-25(23)30-27-22(14-15-24(26)27)16-19-6-2-1-3-7-19/h1-13,16H,14-15,18H2/b22-16+. The summed E-state index contributed by atoms with van der Waals surface area (Å²) in [6.07, 6.45) is 3.75. The minimum Gasteiger partial charge on any atom is -0.457 e. The predicted molar refractivity (Wildman–Crippen MR) is 125 cm³/mol. The van der Waals surface area contributed by atoms with Crippen molar-refractivity contribution >= 4 is 28.5 Å². The zero-order chi connectivity index (χ0) is 21.9. The van der Waals surface area contributed by atoms with Crippen molar-refractivity contribution in [3.63, 3.8) is 0 Å². The normalized spacial score (nSPS) is 13.7. The molecule has 0 amide bonds. The number of allylic oxidation sites excluding steroid dienone is 1. The van der Waals surface area contributed by atoms with Crippen LogP contribution in [0.3, 0.4) is 0 Å². The first kappa shape index (κ1) is 19.7. The predicted octanol–water partition coefficient (Wildman–Crippen LogP) is 5.95. The molecule has 5 rings (SSSR count). The topological polar surface area (TPSA) is 63.0 Å². The van der Waals surface area contributed by atoms with Crippen LogP contribution < -0.4 is 0 Å². The Hall–Kier alpha value is -4.23. The summed E-state index contributed by atoms with van der Waals surface area (Å²) >= 11 is 0. The summed E-state index contributed by atoms with van der Waals surface area (Å²) in [5.41, 5.74) is 6.92. The van der Waals surface area contributed by atoms with Crippen LogP contribution in [0.2, 0.25) is 0 Å². The Bertz CT molecular complexity index is 1380. The second kappa shape index (κ2) is 8.49. The molecular formula is C28H20N2O2. The van der Waals surface area contributed by atoms with Crippen molar-refractivity contribution in [2.75, 3.05) is 0 Å². The van der Waals surface area contributed by atoms with Gasteiger partial charge < -0.3 is 4.74 Å². The number of hydrogen-bond donors (Lipinski definition) is 0. The third kappa shape index (κ3) is 3.77. The van der Waals surface area contributed by atoms with E-state index in [0.29, 0.717) is 11.1 Å². The zero-order valence-electron chi connectivity index (χ0n) is 17.4.